The lowest BCUT2D eigenvalue weighted by atomic mass is 10.1. The molecule has 6 nitrogen and oxygen atoms in total. The normalized spacial score (nSPS) is 12.0. The van der Waals surface area contributed by atoms with Gasteiger partial charge in [-0.05, 0) is 61.9 Å². The summed E-state index contributed by atoms with van der Waals surface area (Å²) in [4.78, 5) is 14.5. The highest BCUT2D eigenvalue weighted by Crippen LogP contribution is 2.28. The first kappa shape index (κ1) is 21.8. The zero-order valence-electron chi connectivity index (χ0n) is 17.8. The zero-order chi connectivity index (χ0) is 22.1. The molecule has 1 amide bonds. The Morgan fingerprint density at radius 1 is 0.967 bits per heavy atom. The number of amides is 1. The van der Waals surface area contributed by atoms with E-state index in [1.807, 2.05) is 42.5 Å². The summed E-state index contributed by atoms with van der Waals surface area (Å²) in [6.45, 7) is 5.25. The number of methoxy groups -OCH3 is 1. The number of carbonyl (C=O) groups is 1. The molecule has 0 atom stereocenters. The second kappa shape index (κ2) is 8.08. The summed E-state index contributed by atoms with van der Waals surface area (Å²) in [7, 11) is -0.820. The van der Waals surface area contributed by atoms with Crippen molar-refractivity contribution in [3.8, 4) is 5.75 Å². The van der Waals surface area contributed by atoms with E-state index in [0.717, 1.165) is 10.8 Å². The van der Waals surface area contributed by atoms with Gasteiger partial charge in [0.15, 0.2) is 0 Å². The lowest BCUT2D eigenvalue weighted by molar-refractivity contribution is 0.0993. The van der Waals surface area contributed by atoms with Crippen LogP contribution < -0.4 is 14.4 Å². The summed E-state index contributed by atoms with van der Waals surface area (Å²) in [5, 5.41) is 2.09. The summed E-state index contributed by atoms with van der Waals surface area (Å²) in [6.07, 6.45) is 0. The van der Waals surface area contributed by atoms with Crippen LogP contribution in [0.4, 0.5) is 5.69 Å². The Bertz CT molecular complexity index is 1200. The molecule has 30 heavy (non-hydrogen) atoms. The monoisotopic (exact) mass is 426 g/mol. The number of carbonyl (C=O) groups excluding carboxylic acids is 1. The molecule has 0 saturated carbocycles. The highest BCUT2D eigenvalue weighted by atomic mass is 32.2. The average Bonchev–Trinajstić information content (AvgIpc) is 2.70. The summed E-state index contributed by atoms with van der Waals surface area (Å²) < 4.78 is 33.6. The zero-order valence-corrected chi connectivity index (χ0v) is 18.6. The van der Waals surface area contributed by atoms with Crippen molar-refractivity contribution in [2.45, 2.75) is 31.2 Å². The number of hydrogen-bond acceptors (Lipinski definition) is 4. The van der Waals surface area contributed by atoms with Crippen LogP contribution in [-0.2, 0) is 10.0 Å². The maximum absolute atomic E-state index is 13.1. The fourth-order valence-electron chi connectivity index (χ4n) is 3.17. The van der Waals surface area contributed by atoms with E-state index in [1.54, 1.807) is 33.9 Å². The number of ether oxygens (including phenoxy) is 1. The minimum absolute atomic E-state index is 0.0716. The molecule has 0 saturated heterocycles. The Hall–Kier alpha value is -2.90. The third kappa shape index (κ3) is 4.63. The Balaban J connectivity index is 1.99. The van der Waals surface area contributed by atoms with Gasteiger partial charge in [-0.15, -0.1) is 0 Å². The van der Waals surface area contributed by atoms with Gasteiger partial charge in [-0.25, -0.2) is 13.1 Å². The van der Waals surface area contributed by atoms with Crippen LogP contribution in [0, 0.1) is 0 Å². The third-order valence-corrected chi connectivity index (χ3v) is 6.34. The van der Waals surface area contributed by atoms with Crippen molar-refractivity contribution in [2.75, 3.05) is 19.1 Å². The molecule has 0 unspecified atom stereocenters. The molecule has 0 aliphatic carbocycles. The van der Waals surface area contributed by atoms with Crippen LogP contribution in [0.3, 0.4) is 0 Å². The van der Waals surface area contributed by atoms with Crippen LogP contribution in [0.5, 0.6) is 5.75 Å². The van der Waals surface area contributed by atoms with Crippen molar-refractivity contribution in [3.05, 3.63) is 66.2 Å². The first-order chi connectivity index (χ1) is 14.0. The topological polar surface area (TPSA) is 75.7 Å². The Kier molecular flexibility index (Phi) is 5.87. The minimum atomic E-state index is -3.88. The van der Waals surface area contributed by atoms with Crippen molar-refractivity contribution in [1.82, 2.24) is 4.72 Å². The van der Waals surface area contributed by atoms with E-state index in [2.05, 4.69) is 4.72 Å². The highest BCUT2D eigenvalue weighted by Gasteiger charge is 2.27. The summed E-state index contributed by atoms with van der Waals surface area (Å²) in [6, 6.07) is 18.0. The van der Waals surface area contributed by atoms with Crippen molar-refractivity contribution in [1.29, 1.82) is 0 Å². The van der Waals surface area contributed by atoms with E-state index in [9.17, 15) is 13.2 Å². The van der Waals surface area contributed by atoms with Gasteiger partial charge in [0, 0.05) is 23.8 Å². The molecular weight excluding hydrogens is 400 g/mol. The fraction of sp³-hybridized carbons (Fsp3) is 0.261. The van der Waals surface area contributed by atoms with Crippen molar-refractivity contribution in [2.24, 2.45) is 0 Å². The number of nitrogens with zero attached hydrogens (tertiary/aromatic N) is 1. The average molecular weight is 427 g/mol. The molecule has 0 fully saturated rings. The molecule has 0 spiro atoms. The smallest absolute Gasteiger partial charge is 0.258 e. The predicted octanol–water partition coefficient (Wildman–Crippen LogP) is 4.20. The van der Waals surface area contributed by atoms with Gasteiger partial charge in [-0.3, -0.25) is 4.79 Å². The van der Waals surface area contributed by atoms with Gasteiger partial charge in [0.2, 0.25) is 10.0 Å². The van der Waals surface area contributed by atoms with E-state index >= 15 is 0 Å². The molecule has 0 aliphatic heterocycles. The number of nitrogens with one attached hydrogen (secondary N) is 1. The van der Waals surface area contributed by atoms with Gasteiger partial charge in [0.1, 0.15) is 10.6 Å². The molecule has 3 aromatic carbocycles. The van der Waals surface area contributed by atoms with Gasteiger partial charge < -0.3 is 9.64 Å². The maximum Gasteiger partial charge on any atom is 0.258 e. The number of sulfonamides is 1. The molecule has 7 heteroatoms. The van der Waals surface area contributed by atoms with Crippen LogP contribution >= 0.6 is 0 Å². The lowest BCUT2D eigenvalue weighted by Gasteiger charge is -2.22. The quantitative estimate of drug-likeness (QED) is 0.663. The summed E-state index contributed by atoms with van der Waals surface area (Å²) in [5.41, 5.74) is 0.290. The van der Waals surface area contributed by atoms with Crippen LogP contribution in [0.25, 0.3) is 10.8 Å². The molecule has 1 N–H and O–H groups in total. The molecule has 0 aromatic heterocycles. The Labute approximate surface area is 177 Å². The number of fused-ring (bicyclic) bond motifs is 1. The lowest BCUT2D eigenvalue weighted by Crippen LogP contribution is -2.40. The second-order valence-electron chi connectivity index (χ2n) is 8.12. The van der Waals surface area contributed by atoms with E-state index in [4.69, 9.17) is 4.74 Å². The third-order valence-electron chi connectivity index (χ3n) is 4.57. The number of anilines is 1. The molecule has 3 rings (SSSR count). The first-order valence-electron chi connectivity index (χ1n) is 9.51. The standard InChI is InChI=1S/C23H26N2O4S/c1-23(2,3)24-30(27,28)21-15-18(11-13-20(21)29-5)22(26)25(4)19-12-10-16-8-6-7-9-17(16)14-19/h6-15,24H,1-5H3. The van der Waals surface area contributed by atoms with Crippen LogP contribution in [0.15, 0.2) is 65.6 Å². The SMILES string of the molecule is COc1ccc(C(=O)N(C)c2ccc3ccccc3c2)cc1S(=O)(=O)NC(C)(C)C. The van der Waals surface area contributed by atoms with Crippen molar-refractivity contribution >= 4 is 32.4 Å². The molecule has 0 bridgehead atoms. The Morgan fingerprint density at radius 3 is 2.27 bits per heavy atom. The van der Waals surface area contributed by atoms with Crippen LogP contribution in [0.2, 0.25) is 0 Å². The minimum Gasteiger partial charge on any atom is -0.495 e. The summed E-state index contributed by atoms with van der Waals surface area (Å²) in [5.74, 6) is -0.142. The number of rotatable bonds is 5. The van der Waals surface area contributed by atoms with E-state index in [0.29, 0.717) is 5.69 Å². The molecule has 0 aliphatic rings. The molecule has 0 heterocycles. The van der Waals surface area contributed by atoms with Crippen LogP contribution in [0.1, 0.15) is 31.1 Å². The first-order valence-corrected chi connectivity index (χ1v) is 11.0. The molecule has 158 valence electrons. The van der Waals surface area contributed by atoms with E-state index in [1.165, 1.54) is 24.1 Å². The van der Waals surface area contributed by atoms with Crippen LogP contribution in [-0.4, -0.2) is 34.0 Å². The Morgan fingerprint density at radius 2 is 1.63 bits per heavy atom. The molecular formula is C23H26N2O4S. The largest absolute Gasteiger partial charge is 0.495 e. The van der Waals surface area contributed by atoms with Gasteiger partial charge in [0.25, 0.3) is 5.91 Å². The van der Waals surface area contributed by atoms with E-state index < -0.39 is 15.6 Å². The maximum atomic E-state index is 13.1. The fourth-order valence-corrected chi connectivity index (χ4v) is 4.79. The second-order valence-corrected chi connectivity index (χ2v) is 9.77. The number of hydrogen-bond donors (Lipinski definition) is 1. The van der Waals surface area contributed by atoms with Gasteiger partial charge in [-0.1, -0.05) is 30.3 Å². The van der Waals surface area contributed by atoms with Gasteiger partial charge in [0.05, 0.1) is 7.11 Å². The van der Waals surface area contributed by atoms with Crippen molar-refractivity contribution < 1.29 is 17.9 Å². The summed E-state index contributed by atoms with van der Waals surface area (Å²) >= 11 is 0. The predicted molar refractivity (Wildman–Crippen MR) is 120 cm³/mol. The highest BCUT2D eigenvalue weighted by molar-refractivity contribution is 7.89. The number of benzene rings is 3. The van der Waals surface area contributed by atoms with Gasteiger partial charge >= 0.3 is 0 Å². The molecule has 3 aromatic rings. The van der Waals surface area contributed by atoms with Gasteiger partial charge in [-0.2, -0.15) is 0 Å². The molecule has 0 radical (unpaired) electrons. The van der Waals surface area contributed by atoms with Crippen molar-refractivity contribution in [3.63, 3.8) is 0 Å². The van der Waals surface area contributed by atoms with E-state index in [-0.39, 0.29) is 22.1 Å².